The highest BCUT2D eigenvalue weighted by molar-refractivity contribution is 6.30. The van der Waals surface area contributed by atoms with Crippen molar-refractivity contribution in [3.05, 3.63) is 29.3 Å². The lowest BCUT2D eigenvalue weighted by Crippen LogP contribution is -2.35. The van der Waals surface area contributed by atoms with Gasteiger partial charge in [-0.1, -0.05) is 18.5 Å². The molecule has 0 spiro atoms. The van der Waals surface area contributed by atoms with Gasteiger partial charge in [0.2, 0.25) is 5.91 Å². The number of hydrogen-bond acceptors (Lipinski definition) is 2. The Morgan fingerprint density at radius 1 is 1.37 bits per heavy atom. The molecule has 0 heterocycles. The number of halogens is 1. The van der Waals surface area contributed by atoms with E-state index in [1.165, 1.54) is 12.8 Å². The number of benzene rings is 1. The molecule has 1 saturated carbocycles. The van der Waals surface area contributed by atoms with Gasteiger partial charge < -0.3 is 5.32 Å². The molecule has 1 aliphatic rings. The van der Waals surface area contributed by atoms with E-state index in [0.29, 0.717) is 11.6 Å². The molecule has 1 aromatic carbocycles. The first-order valence-corrected chi connectivity index (χ1v) is 7.33. The van der Waals surface area contributed by atoms with Crippen LogP contribution in [0.5, 0.6) is 0 Å². The van der Waals surface area contributed by atoms with Crippen LogP contribution in [0.25, 0.3) is 0 Å². The molecule has 3 nitrogen and oxygen atoms in total. The number of carbonyl (C=O) groups is 1. The molecule has 0 aromatic heterocycles. The molecular formula is C15H21ClN2O. The van der Waals surface area contributed by atoms with Gasteiger partial charge in [-0.3, -0.25) is 9.69 Å². The predicted molar refractivity (Wildman–Crippen MR) is 79.5 cm³/mol. The zero-order valence-electron chi connectivity index (χ0n) is 11.4. The molecule has 0 unspecified atom stereocenters. The molecule has 104 valence electrons. The summed E-state index contributed by atoms with van der Waals surface area (Å²) in [5, 5.41) is 3.59. The number of nitrogens with one attached hydrogen (secondary N) is 1. The van der Waals surface area contributed by atoms with Gasteiger partial charge in [0.15, 0.2) is 0 Å². The summed E-state index contributed by atoms with van der Waals surface area (Å²) in [6, 6.07) is 7.22. The molecule has 4 heteroatoms. The standard InChI is InChI=1S/C15H21ClN2O/c1-2-9-18(10-12-3-4-12)11-15(19)17-14-7-5-13(16)6-8-14/h5-8,12H,2-4,9-11H2,1H3,(H,17,19). The van der Waals surface area contributed by atoms with Crippen molar-refractivity contribution in [2.75, 3.05) is 25.0 Å². The summed E-state index contributed by atoms with van der Waals surface area (Å²) in [5.41, 5.74) is 0.803. The molecule has 1 N–H and O–H groups in total. The van der Waals surface area contributed by atoms with Crippen molar-refractivity contribution < 1.29 is 4.79 Å². The molecule has 0 atom stereocenters. The first-order valence-electron chi connectivity index (χ1n) is 6.95. The number of rotatable bonds is 7. The fraction of sp³-hybridized carbons (Fsp3) is 0.533. The monoisotopic (exact) mass is 280 g/mol. The van der Waals surface area contributed by atoms with E-state index in [0.717, 1.165) is 31.1 Å². The summed E-state index contributed by atoms with van der Waals surface area (Å²) >= 11 is 5.82. The Hall–Kier alpha value is -1.06. The largest absolute Gasteiger partial charge is 0.325 e. The smallest absolute Gasteiger partial charge is 0.238 e. The van der Waals surface area contributed by atoms with Crippen molar-refractivity contribution in [1.82, 2.24) is 4.90 Å². The second-order valence-corrected chi connectivity index (χ2v) is 5.67. The molecule has 1 aromatic rings. The van der Waals surface area contributed by atoms with E-state index in [1.807, 2.05) is 12.1 Å². The second-order valence-electron chi connectivity index (χ2n) is 5.23. The van der Waals surface area contributed by atoms with Gasteiger partial charge in [-0.2, -0.15) is 0 Å². The quantitative estimate of drug-likeness (QED) is 0.830. The Kier molecular flexibility index (Phi) is 5.23. The summed E-state index contributed by atoms with van der Waals surface area (Å²) < 4.78 is 0. The maximum atomic E-state index is 12.0. The fourth-order valence-electron chi connectivity index (χ4n) is 2.15. The minimum Gasteiger partial charge on any atom is -0.325 e. The van der Waals surface area contributed by atoms with Crippen LogP contribution in [0.3, 0.4) is 0 Å². The van der Waals surface area contributed by atoms with Crippen LogP contribution in [0.2, 0.25) is 5.02 Å². The molecule has 0 aliphatic heterocycles. The highest BCUT2D eigenvalue weighted by Gasteiger charge is 2.24. The van der Waals surface area contributed by atoms with E-state index >= 15 is 0 Å². The second kappa shape index (κ2) is 6.92. The highest BCUT2D eigenvalue weighted by atomic mass is 35.5. The third kappa shape index (κ3) is 5.21. The number of anilines is 1. The van der Waals surface area contributed by atoms with Crippen molar-refractivity contribution in [3.8, 4) is 0 Å². The molecule has 0 radical (unpaired) electrons. The van der Waals surface area contributed by atoms with Gasteiger partial charge in [0.05, 0.1) is 6.54 Å². The molecule has 0 bridgehead atoms. The molecule has 2 rings (SSSR count). The molecular weight excluding hydrogens is 260 g/mol. The van der Waals surface area contributed by atoms with E-state index in [9.17, 15) is 4.79 Å². The summed E-state index contributed by atoms with van der Waals surface area (Å²) in [4.78, 5) is 14.3. The molecule has 1 amide bonds. The summed E-state index contributed by atoms with van der Waals surface area (Å²) in [6.07, 6.45) is 3.72. The summed E-state index contributed by atoms with van der Waals surface area (Å²) in [6.45, 7) is 4.68. The van der Waals surface area contributed by atoms with Crippen LogP contribution in [0, 0.1) is 5.92 Å². The lowest BCUT2D eigenvalue weighted by molar-refractivity contribution is -0.117. The topological polar surface area (TPSA) is 32.3 Å². The average molecular weight is 281 g/mol. The van der Waals surface area contributed by atoms with E-state index in [-0.39, 0.29) is 5.91 Å². The minimum atomic E-state index is 0.0522. The van der Waals surface area contributed by atoms with Crippen molar-refractivity contribution >= 4 is 23.2 Å². The van der Waals surface area contributed by atoms with Gasteiger partial charge in [-0.25, -0.2) is 0 Å². The van der Waals surface area contributed by atoms with Crippen LogP contribution >= 0.6 is 11.6 Å². The SMILES string of the molecule is CCCN(CC(=O)Nc1ccc(Cl)cc1)CC1CC1. The Morgan fingerprint density at radius 2 is 2.05 bits per heavy atom. The molecule has 19 heavy (non-hydrogen) atoms. The van der Waals surface area contributed by atoms with Gasteiger partial charge in [-0.05, 0) is 56.0 Å². The fourth-order valence-corrected chi connectivity index (χ4v) is 2.28. The zero-order valence-corrected chi connectivity index (χ0v) is 12.1. The van der Waals surface area contributed by atoms with Gasteiger partial charge in [-0.15, -0.1) is 0 Å². The molecule has 0 saturated heterocycles. The van der Waals surface area contributed by atoms with Crippen molar-refractivity contribution in [2.24, 2.45) is 5.92 Å². The lowest BCUT2D eigenvalue weighted by Gasteiger charge is -2.20. The zero-order chi connectivity index (χ0) is 13.7. The average Bonchev–Trinajstić information content (AvgIpc) is 3.16. The van der Waals surface area contributed by atoms with E-state index in [2.05, 4.69) is 17.1 Å². The third-order valence-corrected chi connectivity index (χ3v) is 3.50. The first kappa shape index (κ1) is 14.4. The number of carbonyl (C=O) groups excluding carboxylic acids is 1. The number of amides is 1. The Balaban J connectivity index is 1.82. The maximum Gasteiger partial charge on any atom is 0.238 e. The summed E-state index contributed by atoms with van der Waals surface area (Å²) in [5.74, 6) is 0.867. The highest BCUT2D eigenvalue weighted by Crippen LogP contribution is 2.29. The summed E-state index contributed by atoms with van der Waals surface area (Å²) in [7, 11) is 0. The van der Waals surface area contributed by atoms with Crippen molar-refractivity contribution in [3.63, 3.8) is 0 Å². The van der Waals surface area contributed by atoms with E-state index in [4.69, 9.17) is 11.6 Å². The number of hydrogen-bond donors (Lipinski definition) is 1. The van der Waals surface area contributed by atoms with E-state index in [1.54, 1.807) is 12.1 Å². The van der Waals surface area contributed by atoms with Crippen LogP contribution < -0.4 is 5.32 Å². The van der Waals surface area contributed by atoms with Crippen LogP contribution in [-0.2, 0) is 4.79 Å². The predicted octanol–water partition coefficient (Wildman–Crippen LogP) is 3.40. The lowest BCUT2D eigenvalue weighted by atomic mass is 10.3. The molecule has 1 aliphatic carbocycles. The normalized spacial score (nSPS) is 14.7. The molecule has 1 fully saturated rings. The Labute approximate surface area is 119 Å². The van der Waals surface area contributed by atoms with Gasteiger partial charge in [0.1, 0.15) is 0 Å². The van der Waals surface area contributed by atoms with E-state index < -0.39 is 0 Å². The van der Waals surface area contributed by atoms with Gasteiger partial charge in [0, 0.05) is 17.3 Å². The van der Waals surface area contributed by atoms with Gasteiger partial charge >= 0.3 is 0 Å². The van der Waals surface area contributed by atoms with Crippen LogP contribution in [0.1, 0.15) is 26.2 Å². The van der Waals surface area contributed by atoms with Crippen LogP contribution in [0.4, 0.5) is 5.69 Å². The Bertz CT molecular complexity index is 415. The van der Waals surface area contributed by atoms with Crippen LogP contribution in [0.15, 0.2) is 24.3 Å². The first-order chi connectivity index (χ1) is 9.17. The van der Waals surface area contributed by atoms with Crippen molar-refractivity contribution in [1.29, 1.82) is 0 Å². The minimum absolute atomic E-state index is 0.0522. The number of nitrogens with zero attached hydrogens (tertiary/aromatic N) is 1. The van der Waals surface area contributed by atoms with Crippen LogP contribution in [-0.4, -0.2) is 30.4 Å². The van der Waals surface area contributed by atoms with Gasteiger partial charge in [0.25, 0.3) is 0 Å². The van der Waals surface area contributed by atoms with Crippen molar-refractivity contribution in [2.45, 2.75) is 26.2 Å². The Morgan fingerprint density at radius 3 is 2.63 bits per heavy atom. The third-order valence-electron chi connectivity index (χ3n) is 3.25. The maximum absolute atomic E-state index is 12.0.